The van der Waals surface area contributed by atoms with E-state index in [1.54, 1.807) is 12.2 Å². The van der Waals surface area contributed by atoms with Crippen molar-refractivity contribution in [3.8, 4) is 0 Å². The fourth-order valence-corrected chi connectivity index (χ4v) is 4.35. The van der Waals surface area contributed by atoms with Crippen molar-refractivity contribution in [2.45, 2.75) is 25.0 Å². The summed E-state index contributed by atoms with van der Waals surface area (Å²) in [5.41, 5.74) is -2.77. The molecule has 2 aliphatic heterocycles. The molecule has 2 aromatic rings. The van der Waals surface area contributed by atoms with Crippen LogP contribution in [0.4, 0.5) is 20.4 Å². The van der Waals surface area contributed by atoms with Gasteiger partial charge in [-0.3, -0.25) is 0 Å². The number of nitrogens with one attached hydrogen (secondary N) is 1. The molecule has 9 nitrogen and oxygen atoms in total. The van der Waals surface area contributed by atoms with Crippen LogP contribution in [0, 0.1) is 0 Å². The molecule has 11 heteroatoms. The largest absolute Gasteiger partial charge is 0.378 e. The Kier molecular flexibility index (Phi) is 5.42. The van der Waals surface area contributed by atoms with Crippen molar-refractivity contribution >= 4 is 23.8 Å². The summed E-state index contributed by atoms with van der Waals surface area (Å²) in [6.45, 7) is 8.22. The van der Waals surface area contributed by atoms with Gasteiger partial charge in [-0.25, -0.2) is 15.0 Å². The van der Waals surface area contributed by atoms with Gasteiger partial charge in [0.05, 0.1) is 30.8 Å². The average molecular weight is 460 g/mol. The molecule has 5 rings (SSSR count). The van der Waals surface area contributed by atoms with Crippen molar-refractivity contribution in [3.05, 3.63) is 40.6 Å². The van der Waals surface area contributed by atoms with Crippen LogP contribution in [0.1, 0.15) is 25.4 Å². The highest BCUT2D eigenvalue weighted by molar-refractivity contribution is 5.55. The van der Waals surface area contributed by atoms with E-state index in [1.807, 2.05) is 19.9 Å². The number of hydrogen-bond donors (Lipinski definition) is 2. The number of aliphatic hydroxyl groups is 1. The van der Waals surface area contributed by atoms with Crippen LogP contribution in [0.2, 0.25) is 0 Å². The minimum absolute atomic E-state index is 0.0418. The Morgan fingerprint density at radius 3 is 2.45 bits per heavy atom. The van der Waals surface area contributed by atoms with Gasteiger partial charge in [-0.15, -0.1) is 0 Å². The Hall–Kier alpha value is -2.89. The van der Waals surface area contributed by atoms with Gasteiger partial charge >= 0.3 is 6.08 Å². The molecule has 4 heterocycles. The van der Waals surface area contributed by atoms with Crippen molar-refractivity contribution in [2.75, 3.05) is 55.8 Å². The van der Waals surface area contributed by atoms with Crippen molar-refractivity contribution in [2.24, 2.45) is 0 Å². The first kappa shape index (κ1) is 21.9. The monoisotopic (exact) mass is 460 g/mol. The maximum Gasteiger partial charge on any atom is 0.312 e. The topological polar surface area (TPSA) is 99.6 Å². The molecule has 0 radical (unpaired) electrons. The van der Waals surface area contributed by atoms with Crippen LogP contribution in [0.15, 0.2) is 18.2 Å². The first-order valence-corrected chi connectivity index (χ1v) is 10.9. The van der Waals surface area contributed by atoms with Gasteiger partial charge in [0.15, 0.2) is 16.9 Å². The van der Waals surface area contributed by atoms with E-state index in [-0.39, 0.29) is 22.5 Å². The lowest BCUT2D eigenvalue weighted by molar-refractivity contribution is -0.0279. The molecular formula is C22H26F2N6O3. The van der Waals surface area contributed by atoms with Crippen molar-refractivity contribution in [1.29, 1.82) is 0 Å². The molecule has 2 aromatic heterocycles. The summed E-state index contributed by atoms with van der Waals surface area (Å²) in [6, 6.07) is 1.89. The lowest BCUT2D eigenvalue weighted by Gasteiger charge is -2.39. The number of allylic oxidation sites excluding steroid dienone is 1. The normalized spacial score (nSPS) is 24.4. The predicted octanol–water partition coefficient (Wildman–Crippen LogP) is 0.242. The van der Waals surface area contributed by atoms with E-state index in [1.165, 1.54) is 6.08 Å². The van der Waals surface area contributed by atoms with Gasteiger partial charge < -0.3 is 29.4 Å². The molecule has 176 valence electrons. The van der Waals surface area contributed by atoms with Gasteiger partial charge in [-0.2, -0.15) is 8.78 Å². The maximum atomic E-state index is 13.2. The van der Waals surface area contributed by atoms with Crippen LogP contribution in [-0.2, 0) is 15.1 Å². The number of imidazole rings is 1. The van der Waals surface area contributed by atoms with Gasteiger partial charge in [0, 0.05) is 32.2 Å². The Bertz CT molecular complexity index is 1200. The van der Waals surface area contributed by atoms with E-state index in [2.05, 4.69) is 24.8 Å². The number of aromatic amines is 1. The average Bonchev–Trinajstić information content (AvgIpc) is 3.25. The first-order valence-electron chi connectivity index (χ1n) is 10.9. The fraction of sp³-hybridized carbons (Fsp3) is 0.500. The molecule has 0 bridgehead atoms. The third kappa shape index (κ3) is 4.11. The standard InChI is InChI=1S/C22H26F2N6O3/c1-21(2)13-30(8-11-33-21)16-12-15(29-6-9-32-10-7-29)26-20(27-16)22(31)5-3-4-14-17(22)28-19(25-14)18(23)24/h3-5,12,25,31H,6-11,13H2,1-2H3. The Labute approximate surface area is 189 Å². The molecule has 0 aromatic carbocycles. The van der Waals surface area contributed by atoms with E-state index in [0.29, 0.717) is 57.6 Å². The van der Waals surface area contributed by atoms with E-state index in [4.69, 9.17) is 14.5 Å². The van der Waals surface area contributed by atoms with Gasteiger partial charge in [-0.05, 0) is 26.0 Å². The van der Waals surface area contributed by atoms with Crippen LogP contribution < -0.4 is 20.6 Å². The van der Waals surface area contributed by atoms with E-state index in [0.717, 1.165) is 0 Å². The summed E-state index contributed by atoms with van der Waals surface area (Å²) < 4.78 is 37.8. The zero-order valence-corrected chi connectivity index (χ0v) is 18.5. The van der Waals surface area contributed by atoms with E-state index < -0.39 is 17.2 Å². The van der Waals surface area contributed by atoms with Crippen molar-refractivity contribution in [1.82, 2.24) is 19.9 Å². The molecule has 0 amide bonds. The summed E-state index contributed by atoms with van der Waals surface area (Å²) in [5, 5.41) is 12.0. The van der Waals surface area contributed by atoms with Gasteiger partial charge in [0.1, 0.15) is 17.3 Å². The number of hydrogen-bond acceptors (Lipinski definition) is 8. The van der Waals surface area contributed by atoms with E-state index in [9.17, 15) is 13.9 Å². The summed E-state index contributed by atoms with van der Waals surface area (Å²) in [7, 11) is 0. The molecule has 3 aliphatic rings. The second kappa shape index (κ2) is 8.15. The number of aromatic nitrogens is 4. The Morgan fingerprint density at radius 2 is 1.76 bits per heavy atom. The smallest absolute Gasteiger partial charge is 0.312 e. The Balaban J connectivity index is 1.64. The van der Waals surface area contributed by atoms with Gasteiger partial charge in [0.25, 0.3) is 0 Å². The third-order valence-corrected chi connectivity index (χ3v) is 6.00. The zero-order chi connectivity index (χ0) is 23.2. The molecule has 0 spiro atoms. The molecular weight excluding hydrogens is 434 g/mol. The fourth-order valence-electron chi connectivity index (χ4n) is 4.35. The van der Waals surface area contributed by atoms with Crippen LogP contribution in [0.5, 0.6) is 0 Å². The number of morpholine rings is 2. The van der Waals surface area contributed by atoms with Gasteiger partial charge in [0.2, 0.25) is 0 Å². The number of rotatable bonds is 3. The van der Waals surface area contributed by atoms with Crippen molar-refractivity contribution < 1.29 is 23.4 Å². The highest BCUT2D eigenvalue weighted by Crippen LogP contribution is 2.32. The molecule has 1 unspecified atom stereocenters. The van der Waals surface area contributed by atoms with Crippen LogP contribution in [-0.4, -0.2) is 76.6 Å². The quantitative estimate of drug-likeness (QED) is 0.672. The summed E-state index contributed by atoms with van der Waals surface area (Å²) in [4.78, 5) is 20.1. The highest BCUT2D eigenvalue weighted by Gasteiger charge is 2.39. The lowest BCUT2D eigenvalue weighted by atomic mass is 9.94. The molecule has 0 saturated carbocycles. The molecule has 2 N–H and O–H groups in total. The van der Waals surface area contributed by atoms with Crippen LogP contribution in [0.3, 0.4) is 0 Å². The number of halogens is 2. The molecule has 2 fully saturated rings. The molecule has 2 saturated heterocycles. The second-order valence-corrected chi connectivity index (χ2v) is 8.94. The second-order valence-electron chi connectivity index (χ2n) is 8.94. The molecule has 33 heavy (non-hydrogen) atoms. The number of nitrogens with zero attached hydrogens (tertiary/aromatic N) is 5. The first-order chi connectivity index (χ1) is 15.7. The number of anilines is 2. The maximum absolute atomic E-state index is 13.2. The number of H-pyrrole nitrogens is 1. The SMILES string of the molecule is CC1(C)CN(c2cc(N3CCOCC3)nc(C3(O)C=CC=c4[nH]c(=C(F)F)nc43)n2)CCO1. The number of fused-ring (bicyclic) bond motifs is 1. The summed E-state index contributed by atoms with van der Waals surface area (Å²) in [5.74, 6) is 1.35. The molecule has 1 atom stereocenters. The lowest BCUT2D eigenvalue weighted by Crippen LogP contribution is -2.49. The summed E-state index contributed by atoms with van der Waals surface area (Å²) >= 11 is 0. The van der Waals surface area contributed by atoms with Crippen LogP contribution >= 0.6 is 0 Å². The van der Waals surface area contributed by atoms with Crippen molar-refractivity contribution in [3.63, 3.8) is 0 Å². The van der Waals surface area contributed by atoms with Gasteiger partial charge in [-0.1, -0.05) is 6.08 Å². The predicted molar refractivity (Wildman–Crippen MR) is 117 cm³/mol. The minimum atomic E-state index is -1.96. The zero-order valence-electron chi connectivity index (χ0n) is 18.5. The highest BCUT2D eigenvalue weighted by atomic mass is 19.3. The minimum Gasteiger partial charge on any atom is -0.378 e. The van der Waals surface area contributed by atoms with Crippen LogP contribution in [0.25, 0.3) is 12.2 Å². The summed E-state index contributed by atoms with van der Waals surface area (Å²) in [6.07, 6.45) is 2.68. The van der Waals surface area contributed by atoms with E-state index >= 15 is 0 Å². The molecule has 1 aliphatic carbocycles. The Morgan fingerprint density at radius 1 is 1.06 bits per heavy atom. The number of ether oxygens (including phenoxy) is 2. The third-order valence-electron chi connectivity index (χ3n) is 6.00.